The molecule has 0 aliphatic carbocycles. The first kappa shape index (κ1) is 16.3. The van der Waals surface area contributed by atoms with Gasteiger partial charge in [-0.1, -0.05) is 34.5 Å². The Balaban J connectivity index is 1.98. The van der Waals surface area contributed by atoms with Crippen LogP contribution < -0.4 is 9.46 Å². The highest BCUT2D eigenvalue weighted by Gasteiger charge is 2.20. The van der Waals surface area contributed by atoms with Crippen molar-refractivity contribution in [2.45, 2.75) is 4.90 Å². The molecular weight excluding hydrogens is 379 g/mol. The topological polar surface area (TPSA) is 68.3 Å². The van der Waals surface area contributed by atoms with E-state index in [0.29, 0.717) is 11.3 Å². The highest BCUT2D eigenvalue weighted by molar-refractivity contribution is 7.93. The Hall–Kier alpha value is -1.54. The summed E-state index contributed by atoms with van der Waals surface area (Å²) in [5.74, 6) is 0.674. The number of benzene rings is 2. The summed E-state index contributed by atoms with van der Waals surface area (Å²) >= 11 is 13.0. The summed E-state index contributed by atoms with van der Waals surface area (Å²) in [6, 6.07) is 9.55. The second-order valence-electron chi connectivity index (χ2n) is 4.53. The maximum absolute atomic E-state index is 12.5. The largest absolute Gasteiger partial charge is 0.497 e. The summed E-state index contributed by atoms with van der Waals surface area (Å²) in [5, 5.41) is 0.609. The number of methoxy groups -OCH3 is 1. The summed E-state index contributed by atoms with van der Waals surface area (Å²) < 4.78 is 33.3. The van der Waals surface area contributed by atoms with Crippen molar-refractivity contribution in [2.75, 3.05) is 11.8 Å². The zero-order chi connectivity index (χ0) is 16.6. The van der Waals surface area contributed by atoms with E-state index >= 15 is 0 Å². The summed E-state index contributed by atoms with van der Waals surface area (Å²) in [7, 11) is -2.32. The lowest BCUT2D eigenvalue weighted by Gasteiger charge is -2.07. The number of nitrogens with one attached hydrogen (secondary N) is 1. The van der Waals surface area contributed by atoms with Crippen molar-refractivity contribution in [2.24, 2.45) is 0 Å². The van der Waals surface area contributed by atoms with Gasteiger partial charge in [0.25, 0.3) is 10.0 Å². The molecule has 0 aliphatic heterocycles. The van der Waals surface area contributed by atoms with E-state index in [1.807, 2.05) is 0 Å². The Bertz CT molecular complexity index is 987. The van der Waals surface area contributed by atoms with Gasteiger partial charge in [0.2, 0.25) is 0 Å². The Kier molecular flexibility index (Phi) is 4.37. The third-order valence-corrected chi connectivity index (χ3v) is 6.12. The first-order chi connectivity index (χ1) is 10.9. The van der Waals surface area contributed by atoms with Crippen molar-refractivity contribution < 1.29 is 13.2 Å². The summed E-state index contributed by atoms with van der Waals surface area (Å²) in [6.45, 7) is 0. The van der Waals surface area contributed by atoms with E-state index in [-0.39, 0.29) is 20.1 Å². The van der Waals surface area contributed by atoms with Crippen LogP contribution in [-0.2, 0) is 10.0 Å². The number of nitrogens with zero attached hydrogens (tertiary/aromatic N) is 1. The molecular formula is C14H10Cl2N2O3S2. The van der Waals surface area contributed by atoms with Gasteiger partial charge < -0.3 is 4.74 Å². The predicted octanol–water partition coefficient (Wildman–Crippen LogP) is 4.41. The molecule has 0 radical (unpaired) electrons. The van der Waals surface area contributed by atoms with E-state index in [9.17, 15) is 8.42 Å². The van der Waals surface area contributed by atoms with Gasteiger partial charge in [-0.05, 0) is 36.4 Å². The van der Waals surface area contributed by atoms with E-state index in [0.717, 1.165) is 4.70 Å². The first-order valence-electron chi connectivity index (χ1n) is 6.31. The van der Waals surface area contributed by atoms with Crippen molar-refractivity contribution in [3.05, 3.63) is 46.4 Å². The van der Waals surface area contributed by atoms with E-state index in [1.165, 1.54) is 29.5 Å². The van der Waals surface area contributed by atoms with Gasteiger partial charge in [0.05, 0.1) is 22.3 Å². The van der Waals surface area contributed by atoms with Crippen molar-refractivity contribution >= 4 is 59.9 Å². The standard InChI is InChI=1S/C14H10Cl2N2O3S2/c1-21-9-3-5-11-12(7-9)22-14(17-11)18-23(19,20)13-6-8(15)2-4-10(13)16/h2-7H,1H3,(H,17,18). The molecule has 0 bridgehead atoms. The second-order valence-corrected chi connectivity index (χ2v) is 8.06. The van der Waals surface area contributed by atoms with Gasteiger partial charge >= 0.3 is 0 Å². The van der Waals surface area contributed by atoms with E-state index in [2.05, 4.69) is 9.71 Å². The normalized spacial score (nSPS) is 11.6. The zero-order valence-electron chi connectivity index (χ0n) is 11.7. The summed E-state index contributed by atoms with van der Waals surface area (Å²) in [6.07, 6.45) is 0. The molecule has 0 saturated heterocycles. The van der Waals surface area contributed by atoms with Gasteiger partial charge in [-0.25, -0.2) is 13.4 Å². The minimum absolute atomic E-state index is 0.0877. The number of hydrogen-bond acceptors (Lipinski definition) is 5. The maximum atomic E-state index is 12.5. The second kappa shape index (κ2) is 6.16. The molecule has 9 heteroatoms. The van der Waals surface area contributed by atoms with Crippen LogP contribution in [0.5, 0.6) is 5.75 Å². The Morgan fingerprint density at radius 2 is 1.96 bits per heavy atom. The van der Waals surface area contributed by atoms with Gasteiger partial charge in [-0.3, -0.25) is 4.72 Å². The Morgan fingerprint density at radius 1 is 1.17 bits per heavy atom. The van der Waals surface area contributed by atoms with Crippen molar-refractivity contribution in [1.29, 1.82) is 0 Å². The third-order valence-electron chi connectivity index (χ3n) is 3.00. The number of halogens is 2. The minimum atomic E-state index is -3.88. The van der Waals surface area contributed by atoms with Crippen LogP contribution in [0, 0.1) is 0 Å². The van der Waals surface area contributed by atoms with Crippen LogP contribution in [0.2, 0.25) is 10.0 Å². The molecule has 1 aromatic heterocycles. The molecule has 1 heterocycles. The maximum Gasteiger partial charge on any atom is 0.265 e. The van der Waals surface area contributed by atoms with Crippen LogP contribution in [0.1, 0.15) is 0 Å². The molecule has 2 aromatic carbocycles. The lowest BCUT2D eigenvalue weighted by Crippen LogP contribution is -2.13. The average molecular weight is 389 g/mol. The number of fused-ring (bicyclic) bond motifs is 1. The zero-order valence-corrected chi connectivity index (χ0v) is 14.9. The number of rotatable bonds is 4. The molecule has 3 aromatic rings. The number of ether oxygens (including phenoxy) is 1. The molecule has 0 spiro atoms. The number of sulfonamides is 1. The van der Waals surface area contributed by atoms with Crippen molar-refractivity contribution in [1.82, 2.24) is 4.98 Å². The van der Waals surface area contributed by atoms with Gasteiger partial charge in [0.15, 0.2) is 5.13 Å². The average Bonchev–Trinajstić information content (AvgIpc) is 2.89. The van der Waals surface area contributed by atoms with Gasteiger partial charge in [0.1, 0.15) is 10.6 Å². The Labute approximate surface area is 146 Å². The van der Waals surface area contributed by atoms with Crippen LogP contribution in [0.15, 0.2) is 41.3 Å². The molecule has 120 valence electrons. The predicted molar refractivity (Wildman–Crippen MR) is 93.4 cm³/mol. The highest BCUT2D eigenvalue weighted by atomic mass is 35.5. The fraction of sp³-hybridized carbons (Fsp3) is 0.0714. The van der Waals surface area contributed by atoms with Gasteiger partial charge in [-0.15, -0.1) is 0 Å². The number of anilines is 1. The summed E-state index contributed by atoms with van der Waals surface area (Å²) in [4.78, 5) is 4.15. The van der Waals surface area contributed by atoms with E-state index in [4.69, 9.17) is 27.9 Å². The molecule has 1 N–H and O–H groups in total. The fourth-order valence-corrected chi connectivity index (χ4v) is 4.82. The molecule has 0 unspecified atom stereocenters. The SMILES string of the molecule is COc1ccc2nc(NS(=O)(=O)c3cc(Cl)ccc3Cl)sc2c1. The molecule has 0 atom stereocenters. The van der Waals surface area contributed by atoms with Crippen LogP contribution in [0.3, 0.4) is 0 Å². The first-order valence-corrected chi connectivity index (χ1v) is 9.37. The van der Waals surface area contributed by atoms with Crippen LogP contribution in [0.25, 0.3) is 10.2 Å². The quantitative estimate of drug-likeness (QED) is 0.718. The van der Waals surface area contributed by atoms with Crippen molar-refractivity contribution in [3.63, 3.8) is 0 Å². The number of aromatic nitrogens is 1. The molecule has 0 amide bonds. The number of hydrogen-bond donors (Lipinski definition) is 1. The molecule has 23 heavy (non-hydrogen) atoms. The van der Waals surface area contributed by atoms with Crippen LogP contribution in [-0.4, -0.2) is 20.5 Å². The molecule has 0 saturated carbocycles. The smallest absolute Gasteiger partial charge is 0.265 e. The van der Waals surface area contributed by atoms with E-state index < -0.39 is 10.0 Å². The van der Waals surface area contributed by atoms with Crippen molar-refractivity contribution in [3.8, 4) is 5.75 Å². The number of thiazole rings is 1. The highest BCUT2D eigenvalue weighted by Crippen LogP contribution is 2.32. The minimum Gasteiger partial charge on any atom is -0.497 e. The van der Waals surface area contributed by atoms with Gasteiger partial charge in [-0.2, -0.15) is 0 Å². The Morgan fingerprint density at radius 3 is 2.70 bits per heavy atom. The third kappa shape index (κ3) is 3.37. The lowest BCUT2D eigenvalue weighted by molar-refractivity contribution is 0.415. The van der Waals surface area contributed by atoms with Crippen LogP contribution >= 0.6 is 34.5 Å². The van der Waals surface area contributed by atoms with E-state index in [1.54, 1.807) is 25.3 Å². The molecule has 3 rings (SSSR count). The lowest BCUT2D eigenvalue weighted by atomic mass is 10.3. The van der Waals surface area contributed by atoms with Gasteiger partial charge in [0, 0.05) is 5.02 Å². The molecule has 0 aliphatic rings. The summed E-state index contributed by atoms with van der Waals surface area (Å²) in [5.41, 5.74) is 0.672. The monoisotopic (exact) mass is 388 g/mol. The van der Waals surface area contributed by atoms with Crippen LogP contribution in [0.4, 0.5) is 5.13 Å². The molecule has 5 nitrogen and oxygen atoms in total. The fourth-order valence-electron chi connectivity index (χ4n) is 1.93. The molecule has 0 fully saturated rings.